The molecule has 1 unspecified atom stereocenters. The molecule has 0 amide bonds. The largest absolute Gasteiger partial charge is 0.567 e. The van der Waals surface area contributed by atoms with Crippen LogP contribution in [-0.2, 0) is 4.57 Å². The van der Waals surface area contributed by atoms with Gasteiger partial charge in [0.2, 0.25) is 0 Å². The van der Waals surface area contributed by atoms with Crippen LogP contribution in [0.4, 0.5) is 0 Å². The van der Waals surface area contributed by atoms with Crippen LogP contribution in [0.2, 0.25) is 0 Å². The Hall–Kier alpha value is -0.0600. The highest BCUT2D eigenvalue weighted by Gasteiger charge is 2.02. The lowest BCUT2D eigenvalue weighted by atomic mass is 10.5. The van der Waals surface area contributed by atoms with Gasteiger partial charge in [-0.2, -0.15) is 4.89 Å². The van der Waals surface area contributed by atoms with Crippen molar-refractivity contribution < 1.29 is 23.9 Å². The zero-order chi connectivity index (χ0) is 9.49. The van der Waals surface area contributed by atoms with Crippen molar-refractivity contribution >= 4 is 8.25 Å². The molecule has 2 N–H and O–H groups in total. The molecule has 0 bridgehead atoms. The van der Waals surface area contributed by atoms with Gasteiger partial charge >= 0.3 is 8.25 Å². The van der Waals surface area contributed by atoms with Crippen LogP contribution in [0.1, 0.15) is 0 Å². The molecule has 0 aliphatic carbocycles. The van der Waals surface area contributed by atoms with Crippen molar-refractivity contribution in [2.24, 2.45) is 0 Å². The third kappa shape index (κ3) is 40.4. The van der Waals surface area contributed by atoms with E-state index < -0.39 is 8.25 Å². The molecule has 0 fully saturated rings. The molecule has 68 valence electrons. The Labute approximate surface area is 67.4 Å². The van der Waals surface area contributed by atoms with Gasteiger partial charge in [-0.25, -0.2) is 0 Å². The number of nitrogens with zero attached hydrogens (tertiary/aromatic N) is 1. The van der Waals surface area contributed by atoms with Crippen LogP contribution in [0.5, 0.6) is 0 Å². The maximum absolute atomic E-state index is 8.59. The van der Waals surface area contributed by atoms with Crippen LogP contribution in [0.25, 0.3) is 0 Å². The summed E-state index contributed by atoms with van der Waals surface area (Å²) in [4.78, 5) is 15.6. The van der Waals surface area contributed by atoms with Crippen molar-refractivity contribution in [3.05, 3.63) is 0 Å². The molecular formula is C5H15NO4P+. The van der Waals surface area contributed by atoms with Crippen LogP contribution in [0.15, 0.2) is 0 Å². The summed E-state index contributed by atoms with van der Waals surface area (Å²) in [5, 5.41) is 8.39. The molecule has 0 saturated heterocycles. The van der Waals surface area contributed by atoms with Crippen molar-refractivity contribution in [1.29, 1.82) is 0 Å². The van der Waals surface area contributed by atoms with Gasteiger partial charge in [-0.3, -0.25) is 0 Å². The minimum Gasteiger partial charge on any atom is -0.567 e. The van der Waals surface area contributed by atoms with Crippen molar-refractivity contribution in [3.8, 4) is 0 Å². The molecule has 5 nitrogen and oxygen atoms in total. The lowest BCUT2D eigenvalue weighted by molar-refractivity contribution is -0.870. The summed E-state index contributed by atoms with van der Waals surface area (Å²) in [6.07, 6.45) is 0. The minimum absolute atomic E-state index is 0.281. The summed E-state index contributed by atoms with van der Waals surface area (Å²) >= 11 is 0. The molecule has 0 aliphatic heterocycles. The molecule has 1 atom stereocenters. The molecular weight excluding hydrogens is 169 g/mol. The minimum atomic E-state index is -3.12. The molecule has 11 heavy (non-hydrogen) atoms. The Balaban J connectivity index is 0. The first-order valence-corrected chi connectivity index (χ1v) is 4.17. The van der Waals surface area contributed by atoms with Gasteiger partial charge in [-0.15, -0.1) is 0 Å². The zero-order valence-electron chi connectivity index (χ0n) is 7.02. The van der Waals surface area contributed by atoms with Crippen molar-refractivity contribution in [3.63, 3.8) is 0 Å². The summed E-state index contributed by atoms with van der Waals surface area (Å²) < 4.78 is 9.44. The third-order valence-electron chi connectivity index (χ3n) is 0.771. The SMILES string of the molecule is C[N+](C)(C)CCO.O=[P+]([O-])O. The smallest absolute Gasteiger partial charge is 0.485 e. The topological polar surface area (TPSA) is 80.6 Å². The van der Waals surface area contributed by atoms with Crippen LogP contribution in [0.3, 0.4) is 0 Å². The molecule has 0 aromatic heterocycles. The second-order valence-electron chi connectivity index (χ2n) is 2.98. The maximum Gasteiger partial charge on any atom is 0.485 e. The Bertz CT molecular complexity index is 108. The van der Waals surface area contributed by atoms with Gasteiger partial charge in [0, 0.05) is 0 Å². The predicted octanol–water partition coefficient (Wildman–Crippen LogP) is -1.32. The number of hydrogen-bond donors (Lipinski definition) is 2. The van der Waals surface area contributed by atoms with E-state index in [9.17, 15) is 0 Å². The average Bonchev–Trinajstić information content (AvgIpc) is 1.58. The second kappa shape index (κ2) is 6.64. The number of quaternary nitrogens is 1. The van der Waals surface area contributed by atoms with Gasteiger partial charge in [0.15, 0.2) is 0 Å². The van der Waals surface area contributed by atoms with E-state index in [0.29, 0.717) is 0 Å². The summed E-state index contributed by atoms with van der Waals surface area (Å²) in [6, 6.07) is 0. The number of hydrogen-bond acceptors (Lipinski definition) is 3. The van der Waals surface area contributed by atoms with Gasteiger partial charge in [0.05, 0.1) is 27.7 Å². The first-order valence-electron chi connectivity index (χ1n) is 3.04. The Morgan fingerprint density at radius 3 is 1.73 bits per heavy atom. The monoisotopic (exact) mass is 184 g/mol. The Morgan fingerprint density at radius 2 is 1.73 bits per heavy atom. The molecule has 0 aromatic carbocycles. The highest BCUT2D eigenvalue weighted by Crippen LogP contribution is 1.89. The van der Waals surface area contributed by atoms with Crippen LogP contribution in [-0.4, -0.2) is 48.8 Å². The molecule has 0 radical (unpaired) electrons. The summed E-state index contributed by atoms with van der Waals surface area (Å²) in [5.41, 5.74) is 0. The van der Waals surface area contributed by atoms with Crippen molar-refractivity contribution in [2.45, 2.75) is 0 Å². The standard InChI is InChI=1S/C5H14NO.HO3P/c1-6(2,3)4-5-7;1-4(2)3/h7H,4-5H2,1-3H3;(H,1,2,3)/q+1;. The Kier molecular flexibility index (Phi) is 8.16. The summed E-state index contributed by atoms with van der Waals surface area (Å²) in [6.45, 7) is 1.11. The van der Waals surface area contributed by atoms with Gasteiger partial charge < -0.3 is 14.5 Å². The van der Waals surface area contributed by atoms with E-state index >= 15 is 0 Å². The zero-order valence-corrected chi connectivity index (χ0v) is 7.91. The number of aliphatic hydroxyl groups is 1. The van der Waals surface area contributed by atoms with E-state index in [1.807, 2.05) is 0 Å². The maximum atomic E-state index is 8.59. The molecule has 0 heterocycles. The van der Waals surface area contributed by atoms with E-state index in [0.717, 1.165) is 11.0 Å². The molecule has 0 rings (SSSR count). The van der Waals surface area contributed by atoms with E-state index in [4.69, 9.17) is 19.5 Å². The molecule has 0 spiro atoms. The van der Waals surface area contributed by atoms with E-state index in [-0.39, 0.29) is 6.61 Å². The fourth-order valence-electron chi connectivity index (χ4n) is 0.300. The molecule has 0 aromatic rings. The van der Waals surface area contributed by atoms with Gasteiger partial charge in [0.1, 0.15) is 6.54 Å². The van der Waals surface area contributed by atoms with Gasteiger partial charge in [0.25, 0.3) is 0 Å². The third-order valence-corrected chi connectivity index (χ3v) is 0.771. The first-order chi connectivity index (χ1) is 4.79. The summed E-state index contributed by atoms with van der Waals surface area (Å²) in [5.74, 6) is 0. The van der Waals surface area contributed by atoms with Crippen LogP contribution in [0, 0.1) is 0 Å². The Morgan fingerprint density at radius 1 is 1.45 bits per heavy atom. The predicted molar refractivity (Wildman–Crippen MR) is 39.8 cm³/mol. The quantitative estimate of drug-likeness (QED) is 0.412. The van der Waals surface area contributed by atoms with Crippen molar-refractivity contribution in [1.82, 2.24) is 0 Å². The molecule has 0 aliphatic rings. The summed E-state index contributed by atoms with van der Waals surface area (Å²) in [7, 11) is 3.04. The lowest BCUT2D eigenvalue weighted by Crippen LogP contribution is -2.36. The van der Waals surface area contributed by atoms with Gasteiger partial charge in [-0.05, 0) is 4.57 Å². The fourth-order valence-corrected chi connectivity index (χ4v) is 0.300. The lowest BCUT2D eigenvalue weighted by Gasteiger charge is -2.21. The molecule has 6 heteroatoms. The van der Waals surface area contributed by atoms with E-state index in [2.05, 4.69) is 21.1 Å². The van der Waals surface area contributed by atoms with Crippen LogP contribution < -0.4 is 4.89 Å². The van der Waals surface area contributed by atoms with Crippen LogP contribution >= 0.6 is 8.25 Å². The molecule has 0 saturated carbocycles. The fraction of sp³-hybridized carbons (Fsp3) is 1.00. The van der Waals surface area contributed by atoms with E-state index in [1.54, 1.807) is 0 Å². The van der Waals surface area contributed by atoms with E-state index in [1.165, 1.54) is 0 Å². The number of likely N-dealkylation sites (N-methyl/N-ethyl adjacent to an activating group) is 1. The average molecular weight is 184 g/mol. The van der Waals surface area contributed by atoms with Crippen molar-refractivity contribution in [2.75, 3.05) is 34.3 Å². The second-order valence-corrected chi connectivity index (χ2v) is 3.45. The highest BCUT2D eigenvalue weighted by atomic mass is 31.1. The van der Waals surface area contributed by atoms with Gasteiger partial charge in [-0.1, -0.05) is 0 Å². The number of rotatable bonds is 2. The normalized spacial score (nSPS) is 11.6. The first kappa shape index (κ1) is 13.5. The number of aliphatic hydroxyl groups excluding tert-OH is 1. The highest BCUT2D eigenvalue weighted by molar-refractivity contribution is 7.29.